The first-order chi connectivity index (χ1) is 26.7. The SMILES string of the molecule is CC(C)(C)OC(=O)NC(Cc1ccc(F)cc1)C(=O)Nc1ncnn2c([C@]3(C#N)OC(CO)[C@@H](C(C(=O)O)C4(NC(=O)OC(C)(C)C)CCCCC4)[C@H]3O)ccc12. The number of alkyl carbamates (subject to hydrolysis) is 2. The van der Waals surface area contributed by atoms with Gasteiger partial charge in [0, 0.05) is 12.3 Å². The highest BCUT2D eigenvalue weighted by atomic mass is 19.1. The summed E-state index contributed by atoms with van der Waals surface area (Å²) in [6.07, 6.45) is -1.66. The maximum absolute atomic E-state index is 13.8. The lowest BCUT2D eigenvalue weighted by atomic mass is 9.64. The predicted octanol–water partition coefficient (Wildman–Crippen LogP) is 3.96. The average molecular weight is 796 g/mol. The Kier molecular flexibility index (Phi) is 12.5. The Bertz CT molecular complexity index is 2000. The zero-order valence-corrected chi connectivity index (χ0v) is 32.7. The molecular weight excluding hydrogens is 745 g/mol. The number of nitriles is 1. The summed E-state index contributed by atoms with van der Waals surface area (Å²) in [5, 5.41) is 56.6. The Labute approximate surface area is 328 Å². The van der Waals surface area contributed by atoms with Gasteiger partial charge in [0.05, 0.1) is 29.9 Å². The number of carbonyl (C=O) groups is 4. The number of nitrogens with one attached hydrogen (secondary N) is 3. The number of carbonyl (C=O) groups excluding carboxylic acids is 3. The van der Waals surface area contributed by atoms with E-state index in [1.54, 1.807) is 41.5 Å². The van der Waals surface area contributed by atoms with E-state index in [0.717, 1.165) is 12.7 Å². The fourth-order valence-corrected chi connectivity index (χ4v) is 7.78. The zero-order chi connectivity index (χ0) is 41.9. The number of rotatable bonds is 11. The summed E-state index contributed by atoms with van der Waals surface area (Å²) in [6.45, 7) is 9.20. The molecular formula is C39H50FN7O10. The van der Waals surface area contributed by atoms with Gasteiger partial charge in [0.15, 0.2) is 5.82 Å². The molecule has 6 N–H and O–H groups in total. The van der Waals surface area contributed by atoms with Crippen LogP contribution in [0.15, 0.2) is 42.7 Å². The van der Waals surface area contributed by atoms with E-state index in [1.807, 2.05) is 6.07 Å². The third kappa shape index (κ3) is 9.43. The van der Waals surface area contributed by atoms with E-state index in [-0.39, 0.29) is 36.3 Å². The van der Waals surface area contributed by atoms with Gasteiger partial charge in [-0.25, -0.2) is 23.5 Å². The molecule has 6 atom stereocenters. The molecule has 2 aliphatic rings. The van der Waals surface area contributed by atoms with Crippen molar-refractivity contribution >= 4 is 35.4 Å². The first kappa shape index (κ1) is 42.8. The molecule has 3 unspecified atom stereocenters. The van der Waals surface area contributed by atoms with E-state index in [1.165, 1.54) is 40.9 Å². The fraction of sp³-hybridized carbons (Fsp3) is 0.564. The van der Waals surface area contributed by atoms with Gasteiger partial charge in [0.2, 0.25) is 11.5 Å². The van der Waals surface area contributed by atoms with Gasteiger partial charge in [0.25, 0.3) is 0 Å². The summed E-state index contributed by atoms with van der Waals surface area (Å²) in [4.78, 5) is 57.2. The third-order valence-corrected chi connectivity index (χ3v) is 10.1. The number of amides is 3. The van der Waals surface area contributed by atoms with Crippen LogP contribution in [-0.4, -0.2) is 95.6 Å². The smallest absolute Gasteiger partial charge is 0.408 e. The molecule has 5 rings (SSSR count). The highest BCUT2D eigenvalue weighted by molar-refractivity contribution is 5.98. The Morgan fingerprint density at radius 1 is 1.02 bits per heavy atom. The molecule has 18 heteroatoms. The fourth-order valence-electron chi connectivity index (χ4n) is 7.78. The second-order valence-electron chi connectivity index (χ2n) is 16.5. The van der Waals surface area contributed by atoms with E-state index >= 15 is 0 Å². The van der Waals surface area contributed by atoms with Gasteiger partial charge in [-0.3, -0.25) is 9.59 Å². The van der Waals surface area contributed by atoms with Crippen molar-refractivity contribution in [2.75, 3.05) is 11.9 Å². The number of anilines is 1. The largest absolute Gasteiger partial charge is 0.481 e. The Morgan fingerprint density at radius 2 is 1.65 bits per heavy atom. The highest BCUT2D eigenvalue weighted by Gasteiger charge is 2.64. The second-order valence-corrected chi connectivity index (χ2v) is 16.5. The minimum absolute atomic E-state index is 0.0600. The van der Waals surface area contributed by atoms with Gasteiger partial charge < -0.3 is 45.5 Å². The lowest BCUT2D eigenvalue weighted by Gasteiger charge is -2.45. The summed E-state index contributed by atoms with van der Waals surface area (Å²) >= 11 is 0. The predicted molar refractivity (Wildman–Crippen MR) is 200 cm³/mol. The van der Waals surface area contributed by atoms with Gasteiger partial charge in [-0.1, -0.05) is 31.4 Å². The normalized spacial score (nSPS) is 23.1. The van der Waals surface area contributed by atoms with E-state index in [2.05, 4.69) is 26.0 Å². The molecule has 1 saturated heterocycles. The Morgan fingerprint density at radius 3 is 2.23 bits per heavy atom. The minimum Gasteiger partial charge on any atom is -0.481 e. The van der Waals surface area contributed by atoms with Crippen LogP contribution < -0.4 is 16.0 Å². The number of aliphatic hydroxyl groups excluding tert-OH is 2. The molecule has 2 fully saturated rings. The molecule has 0 bridgehead atoms. The number of halogens is 1. The summed E-state index contributed by atoms with van der Waals surface area (Å²) < 4.78 is 31.9. The number of hydrogen-bond acceptors (Lipinski definition) is 12. The van der Waals surface area contributed by atoms with Gasteiger partial charge in [-0.05, 0) is 84.2 Å². The van der Waals surface area contributed by atoms with Crippen molar-refractivity contribution in [2.45, 2.75) is 121 Å². The molecule has 308 valence electrons. The highest BCUT2D eigenvalue weighted by Crippen LogP contribution is 2.50. The van der Waals surface area contributed by atoms with Gasteiger partial charge >= 0.3 is 18.2 Å². The van der Waals surface area contributed by atoms with Crippen LogP contribution in [0.5, 0.6) is 0 Å². The summed E-state index contributed by atoms with van der Waals surface area (Å²) in [5.74, 6) is -5.63. The van der Waals surface area contributed by atoms with Crippen LogP contribution in [0.1, 0.15) is 84.9 Å². The summed E-state index contributed by atoms with van der Waals surface area (Å²) in [6, 6.07) is 8.97. The molecule has 0 radical (unpaired) electrons. The third-order valence-electron chi connectivity index (χ3n) is 10.1. The number of aliphatic hydroxyl groups is 2. The van der Waals surface area contributed by atoms with Crippen LogP contribution in [0.25, 0.3) is 5.52 Å². The second kappa shape index (κ2) is 16.6. The number of benzene rings is 1. The van der Waals surface area contributed by atoms with Crippen LogP contribution in [-0.2, 0) is 35.8 Å². The molecule has 3 heterocycles. The van der Waals surface area contributed by atoms with Crippen molar-refractivity contribution in [3.05, 3.63) is 59.8 Å². The molecule has 17 nitrogen and oxygen atoms in total. The van der Waals surface area contributed by atoms with Crippen molar-refractivity contribution in [3.63, 3.8) is 0 Å². The van der Waals surface area contributed by atoms with Gasteiger partial charge in [0.1, 0.15) is 47.1 Å². The van der Waals surface area contributed by atoms with Crippen molar-refractivity contribution in [3.8, 4) is 6.07 Å². The van der Waals surface area contributed by atoms with Crippen molar-refractivity contribution in [2.24, 2.45) is 11.8 Å². The first-order valence-corrected chi connectivity index (χ1v) is 18.7. The molecule has 0 spiro atoms. The number of aromatic nitrogens is 3. The monoisotopic (exact) mass is 795 g/mol. The standard InChI is InChI=1S/C39H50FN7O10/c1-36(2,3)56-34(53)44-24(18-22-10-12-23(40)13-11-22)32(50)45-31-25-14-15-27(47(25)43-21-42-31)39(20-41)30(49)28(26(19-48)55-39)29(33(51)52)38(16-8-7-9-17-38)46-35(54)57-37(4,5)6/h10-15,21,24,26,28-30,48-49H,7-9,16-19H2,1-6H3,(H,44,53)(H,46,54)(H,51,52)(H,42,43,45,50)/t24?,26?,28-,29?,30+,39-/m0/s1. The number of carboxylic acids is 1. The topological polar surface area (TPSA) is 247 Å². The lowest BCUT2D eigenvalue weighted by Crippen LogP contribution is -2.62. The Balaban J connectivity index is 1.50. The number of nitrogens with zero attached hydrogens (tertiary/aromatic N) is 4. The van der Waals surface area contributed by atoms with E-state index in [9.17, 15) is 44.2 Å². The summed E-state index contributed by atoms with van der Waals surface area (Å²) in [5.41, 5.74) is -4.93. The zero-order valence-electron chi connectivity index (χ0n) is 32.7. The van der Waals surface area contributed by atoms with Crippen LogP contribution in [0.4, 0.5) is 19.8 Å². The maximum Gasteiger partial charge on any atom is 0.408 e. The van der Waals surface area contributed by atoms with E-state index in [4.69, 9.17) is 14.2 Å². The minimum atomic E-state index is -2.31. The number of hydrogen-bond donors (Lipinski definition) is 6. The van der Waals surface area contributed by atoms with Crippen LogP contribution >= 0.6 is 0 Å². The molecule has 57 heavy (non-hydrogen) atoms. The van der Waals surface area contributed by atoms with Crippen LogP contribution in [0, 0.1) is 29.0 Å². The first-order valence-electron chi connectivity index (χ1n) is 18.7. The molecule has 1 aliphatic heterocycles. The van der Waals surface area contributed by atoms with Crippen molar-refractivity contribution in [1.29, 1.82) is 5.26 Å². The number of ether oxygens (including phenoxy) is 3. The molecule has 3 amide bonds. The van der Waals surface area contributed by atoms with Gasteiger partial charge in [-0.15, -0.1) is 0 Å². The van der Waals surface area contributed by atoms with Crippen LogP contribution in [0.2, 0.25) is 0 Å². The van der Waals surface area contributed by atoms with Crippen molar-refractivity contribution < 1.29 is 53.1 Å². The Hall–Kier alpha value is -5.38. The number of fused-ring (bicyclic) bond motifs is 1. The molecule has 2 aromatic heterocycles. The summed E-state index contributed by atoms with van der Waals surface area (Å²) in [7, 11) is 0. The molecule has 1 aliphatic carbocycles. The van der Waals surface area contributed by atoms with Gasteiger partial charge in [-0.2, -0.15) is 10.4 Å². The molecule has 3 aromatic rings. The lowest BCUT2D eigenvalue weighted by molar-refractivity contribution is -0.152. The van der Waals surface area contributed by atoms with Crippen molar-refractivity contribution in [1.82, 2.24) is 25.2 Å². The quantitative estimate of drug-likeness (QED) is 0.161. The number of aliphatic carboxylic acids is 1. The van der Waals surface area contributed by atoms with Crippen LogP contribution in [0.3, 0.4) is 0 Å². The van der Waals surface area contributed by atoms with E-state index < -0.39 is 88.9 Å². The molecule has 1 aromatic carbocycles. The molecule has 1 saturated carbocycles. The maximum atomic E-state index is 13.8. The number of carboxylic acid groups (broad SMARTS) is 1. The average Bonchev–Trinajstić information content (AvgIpc) is 3.67. The van der Waals surface area contributed by atoms with E-state index in [0.29, 0.717) is 18.4 Å².